The van der Waals surface area contributed by atoms with E-state index < -0.39 is 0 Å². The largest absolute Gasteiger partial charge is 0.491 e. The maximum absolute atomic E-state index is 12.7. The molecule has 0 saturated heterocycles. The SMILES string of the molecule is Cc1ccc(OCC(c2nn[nH]n2)N(C)CC(=O)Nc2ccc(Oc3ccccc3)cc2)cc1. The number of nitrogens with one attached hydrogen (secondary N) is 2. The fourth-order valence-corrected chi connectivity index (χ4v) is 3.29. The number of para-hydroxylation sites is 1. The molecule has 1 aromatic heterocycles. The quantitative estimate of drug-likeness (QED) is 0.370. The Morgan fingerprint density at radius 1 is 0.971 bits per heavy atom. The molecular formula is C25H26N6O3. The molecule has 4 aromatic rings. The van der Waals surface area contributed by atoms with Gasteiger partial charge in [0.15, 0.2) is 5.82 Å². The van der Waals surface area contributed by atoms with Crippen LogP contribution in [0.25, 0.3) is 0 Å². The molecule has 9 nitrogen and oxygen atoms in total. The number of carbonyl (C=O) groups is 1. The lowest BCUT2D eigenvalue weighted by Gasteiger charge is -2.25. The second kappa shape index (κ2) is 11.1. The van der Waals surface area contributed by atoms with Gasteiger partial charge in [-0.3, -0.25) is 9.69 Å². The fourth-order valence-electron chi connectivity index (χ4n) is 3.29. The van der Waals surface area contributed by atoms with Crippen molar-refractivity contribution in [2.45, 2.75) is 13.0 Å². The van der Waals surface area contributed by atoms with E-state index in [-0.39, 0.29) is 25.1 Å². The number of hydrogen-bond acceptors (Lipinski definition) is 7. The maximum atomic E-state index is 12.7. The first-order valence-corrected chi connectivity index (χ1v) is 10.8. The average molecular weight is 459 g/mol. The number of benzene rings is 3. The molecule has 0 radical (unpaired) electrons. The summed E-state index contributed by atoms with van der Waals surface area (Å²) in [6.07, 6.45) is 0. The van der Waals surface area contributed by atoms with Crippen molar-refractivity contribution in [3.8, 4) is 17.2 Å². The van der Waals surface area contributed by atoms with Crippen molar-refractivity contribution in [3.63, 3.8) is 0 Å². The number of tetrazole rings is 1. The summed E-state index contributed by atoms with van der Waals surface area (Å²) < 4.78 is 11.7. The molecule has 0 aliphatic heterocycles. The second-order valence-corrected chi connectivity index (χ2v) is 7.81. The van der Waals surface area contributed by atoms with Crippen LogP contribution in [0.5, 0.6) is 17.2 Å². The Kier molecular flexibility index (Phi) is 7.46. The summed E-state index contributed by atoms with van der Waals surface area (Å²) >= 11 is 0. The lowest BCUT2D eigenvalue weighted by atomic mass is 10.2. The van der Waals surface area contributed by atoms with Gasteiger partial charge in [-0.2, -0.15) is 5.21 Å². The zero-order chi connectivity index (χ0) is 23.8. The highest BCUT2D eigenvalue weighted by Crippen LogP contribution is 2.23. The molecule has 1 heterocycles. The average Bonchev–Trinajstić information content (AvgIpc) is 3.37. The minimum Gasteiger partial charge on any atom is -0.491 e. The molecule has 1 atom stereocenters. The van der Waals surface area contributed by atoms with Gasteiger partial charge in [-0.1, -0.05) is 41.1 Å². The van der Waals surface area contributed by atoms with Crippen LogP contribution >= 0.6 is 0 Å². The second-order valence-electron chi connectivity index (χ2n) is 7.81. The Morgan fingerprint density at radius 3 is 2.32 bits per heavy atom. The monoisotopic (exact) mass is 458 g/mol. The number of hydrogen-bond donors (Lipinski definition) is 2. The molecule has 9 heteroatoms. The van der Waals surface area contributed by atoms with Crippen molar-refractivity contribution in [2.24, 2.45) is 0 Å². The zero-order valence-corrected chi connectivity index (χ0v) is 19.0. The summed E-state index contributed by atoms with van der Waals surface area (Å²) in [5.74, 6) is 2.44. The van der Waals surface area contributed by atoms with Crippen LogP contribution in [0.3, 0.4) is 0 Å². The Bertz CT molecular complexity index is 1170. The lowest BCUT2D eigenvalue weighted by Crippen LogP contribution is -2.36. The van der Waals surface area contributed by atoms with Crippen molar-refractivity contribution in [1.29, 1.82) is 0 Å². The third-order valence-electron chi connectivity index (χ3n) is 5.13. The Balaban J connectivity index is 1.34. The van der Waals surface area contributed by atoms with Crippen LogP contribution in [0.4, 0.5) is 5.69 Å². The standard InChI is InChI=1S/C25H26N6O3/c1-18-8-12-20(13-9-18)33-17-23(25-27-29-30-28-25)31(2)16-24(32)26-19-10-14-22(15-11-19)34-21-6-4-3-5-7-21/h3-15,23H,16-17H2,1-2H3,(H,26,32)(H,27,28,29,30). The molecule has 174 valence electrons. The Morgan fingerprint density at radius 2 is 1.65 bits per heavy atom. The summed E-state index contributed by atoms with van der Waals surface area (Å²) in [6.45, 7) is 2.39. The van der Waals surface area contributed by atoms with Crippen LogP contribution in [-0.2, 0) is 4.79 Å². The number of amides is 1. The van der Waals surface area contributed by atoms with E-state index in [1.807, 2.05) is 85.6 Å². The van der Waals surface area contributed by atoms with E-state index in [2.05, 4.69) is 25.9 Å². The van der Waals surface area contributed by atoms with Gasteiger partial charge >= 0.3 is 0 Å². The highest BCUT2D eigenvalue weighted by molar-refractivity contribution is 5.92. The van der Waals surface area contributed by atoms with Crippen molar-refractivity contribution >= 4 is 11.6 Å². The smallest absolute Gasteiger partial charge is 0.238 e. The van der Waals surface area contributed by atoms with Crippen molar-refractivity contribution in [3.05, 3.63) is 90.3 Å². The van der Waals surface area contributed by atoms with Crippen LogP contribution in [0.2, 0.25) is 0 Å². The van der Waals surface area contributed by atoms with Gasteiger partial charge in [-0.05, 0) is 62.5 Å². The number of ether oxygens (including phenoxy) is 2. The molecule has 3 aromatic carbocycles. The molecule has 1 amide bonds. The number of nitrogens with zero attached hydrogens (tertiary/aromatic N) is 4. The molecule has 34 heavy (non-hydrogen) atoms. The molecular weight excluding hydrogens is 432 g/mol. The molecule has 4 rings (SSSR count). The van der Waals surface area contributed by atoms with Crippen LogP contribution in [0, 0.1) is 6.92 Å². The third kappa shape index (κ3) is 6.39. The summed E-state index contributed by atoms with van der Waals surface area (Å²) in [7, 11) is 1.82. The molecule has 2 N–H and O–H groups in total. The first-order valence-electron chi connectivity index (χ1n) is 10.8. The predicted octanol–water partition coefficient (Wildman–Crippen LogP) is 3.99. The molecule has 0 fully saturated rings. The van der Waals surface area contributed by atoms with E-state index in [0.717, 1.165) is 17.1 Å². The van der Waals surface area contributed by atoms with Crippen LogP contribution in [0.15, 0.2) is 78.9 Å². The van der Waals surface area contributed by atoms with Gasteiger partial charge in [0.05, 0.1) is 6.54 Å². The van der Waals surface area contributed by atoms with E-state index >= 15 is 0 Å². The minimum absolute atomic E-state index is 0.110. The first kappa shape index (κ1) is 22.9. The molecule has 0 spiro atoms. The van der Waals surface area contributed by atoms with Crippen molar-refractivity contribution in [1.82, 2.24) is 25.5 Å². The van der Waals surface area contributed by atoms with E-state index in [1.165, 1.54) is 0 Å². The van der Waals surface area contributed by atoms with Gasteiger partial charge in [-0.15, -0.1) is 10.2 Å². The van der Waals surface area contributed by atoms with E-state index in [9.17, 15) is 4.79 Å². The highest BCUT2D eigenvalue weighted by atomic mass is 16.5. The van der Waals surface area contributed by atoms with Gasteiger partial charge in [0.1, 0.15) is 29.9 Å². The predicted molar refractivity (Wildman–Crippen MR) is 128 cm³/mol. The van der Waals surface area contributed by atoms with Crippen molar-refractivity contribution < 1.29 is 14.3 Å². The van der Waals surface area contributed by atoms with Crippen LogP contribution in [0.1, 0.15) is 17.4 Å². The summed E-state index contributed by atoms with van der Waals surface area (Å²) in [4.78, 5) is 14.5. The van der Waals surface area contributed by atoms with Crippen LogP contribution < -0.4 is 14.8 Å². The zero-order valence-electron chi connectivity index (χ0n) is 19.0. The number of rotatable bonds is 10. The number of likely N-dealkylation sites (N-methyl/N-ethyl adjacent to an activating group) is 1. The highest BCUT2D eigenvalue weighted by Gasteiger charge is 2.24. The number of aryl methyl sites for hydroxylation is 1. The molecule has 0 aliphatic rings. The Hall–Kier alpha value is -4.24. The van der Waals surface area contributed by atoms with Gasteiger partial charge < -0.3 is 14.8 Å². The fraction of sp³-hybridized carbons (Fsp3) is 0.200. The molecule has 1 unspecified atom stereocenters. The van der Waals surface area contributed by atoms with Gasteiger partial charge in [0.2, 0.25) is 5.91 Å². The van der Waals surface area contributed by atoms with E-state index in [0.29, 0.717) is 17.3 Å². The topological polar surface area (TPSA) is 105 Å². The molecule has 0 aliphatic carbocycles. The minimum atomic E-state index is -0.368. The van der Waals surface area contributed by atoms with E-state index in [1.54, 1.807) is 12.1 Å². The molecule has 0 bridgehead atoms. The number of aromatic amines is 1. The number of H-pyrrole nitrogens is 1. The number of aromatic nitrogens is 4. The maximum Gasteiger partial charge on any atom is 0.238 e. The number of carbonyl (C=O) groups excluding carboxylic acids is 1. The van der Waals surface area contributed by atoms with Gasteiger partial charge in [0.25, 0.3) is 0 Å². The first-order chi connectivity index (χ1) is 16.6. The van der Waals surface area contributed by atoms with Crippen molar-refractivity contribution in [2.75, 3.05) is 25.5 Å². The van der Waals surface area contributed by atoms with Crippen LogP contribution in [-0.4, -0.2) is 51.6 Å². The summed E-state index contributed by atoms with van der Waals surface area (Å²) in [5, 5.41) is 17.2. The third-order valence-corrected chi connectivity index (χ3v) is 5.13. The van der Waals surface area contributed by atoms with Gasteiger partial charge in [-0.25, -0.2) is 0 Å². The van der Waals surface area contributed by atoms with E-state index in [4.69, 9.17) is 9.47 Å². The normalized spacial score (nSPS) is 11.7. The summed E-state index contributed by atoms with van der Waals surface area (Å²) in [6, 6.07) is 24.1. The number of anilines is 1. The Labute approximate surface area is 197 Å². The lowest BCUT2D eigenvalue weighted by molar-refractivity contribution is -0.117. The summed E-state index contributed by atoms with van der Waals surface area (Å²) in [5.41, 5.74) is 1.82. The molecule has 0 saturated carbocycles. The van der Waals surface area contributed by atoms with Gasteiger partial charge in [0, 0.05) is 5.69 Å².